The molecule has 0 aromatic heterocycles. The van der Waals surface area contributed by atoms with Crippen molar-refractivity contribution in [3.63, 3.8) is 0 Å². The van der Waals surface area contributed by atoms with Crippen molar-refractivity contribution in [2.24, 2.45) is 5.73 Å². The van der Waals surface area contributed by atoms with Crippen molar-refractivity contribution in [3.8, 4) is 23.0 Å². The molecule has 2 aliphatic rings. The SMILES string of the molecule is COc1cc2c3c(c4cc(OC)c(OC)cc4c2cc1OC)[C@@H](N)[C@H]1CCCN1C3. The molecule has 5 rings (SSSR count). The van der Waals surface area contributed by atoms with Gasteiger partial charge in [-0.2, -0.15) is 0 Å². The Morgan fingerprint density at radius 3 is 1.83 bits per heavy atom. The molecule has 6 nitrogen and oxygen atoms in total. The van der Waals surface area contributed by atoms with Gasteiger partial charge in [-0.05, 0) is 76.3 Å². The van der Waals surface area contributed by atoms with Crippen LogP contribution in [-0.2, 0) is 6.54 Å². The third-order valence-corrected chi connectivity index (χ3v) is 6.80. The third-order valence-electron chi connectivity index (χ3n) is 6.80. The van der Waals surface area contributed by atoms with E-state index in [1.807, 2.05) is 0 Å². The normalized spacial score (nSPS) is 20.8. The Balaban J connectivity index is 1.94. The maximum atomic E-state index is 6.91. The van der Waals surface area contributed by atoms with Gasteiger partial charge in [-0.25, -0.2) is 0 Å². The van der Waals surface area contributed by atoms with Crippen molar-refractivity contribution in [2.45, 2.75) is 31.5 Å². The van der Waals surface area contributed by atoms with Crippen LogP contribution < -0.4 is 24.7 Å². The van der Waals surface area contributed by atoms with Crippen molar-refractivity contribution < 1.29 is 18.9 Å². The van der Waals surface area contributed by atoms with Crippen LogP contribution in [0.1, 0.15) is 30.0 Å². The summed E-state index contributed by atoms with van der Waals surface area (Å²) in [5, 5.41) is 4.47. The summed E-state index contributed by atoms with van der Waals surface area (Å²) < 4.78 is 22.5. The second-order valence-corrected chi connectivity index (χ2v) is 8.10. The van der Waals surface area contributed by atoms with E-state index in [1.54, 1.807) is 28.4 Å². The van der Waals surface area contributed by atoms with Crippen molar-refractivity contribution in [2.75, 3.05) is 35.0 Å². The monoisotopic (exact) mass is 408 g/mol. The van der Waals surface area contributed by atoms with E-state index in [1.165, 1.54) is 17.5 Å². The molecule has 6 heteroatoms. The molecule has 2 atom stereocenters. The van der Waals surface area contributed by atoms with Gasteiger partial charge in [0.15, 0.2) is 23.0 Å². The van der Waals surface area contributed by atoms with Gasteiger partial charge < -0.3 is 24.7 Å². The number of fused-ring (bicyclic) bond motifs is 7. The smallest absolute Gasteiger partial charge is 0.161 e. The average molecular weight is 408 g/mol. The zero-order valence-electron chi connectivity index (χ0n) is 18.0. The van der Waals surface area contributed by atoms with Crippen LogP contribution in [0.15, 0.2) is 24.3 Å². The number of benzene rings is 3. The number of rotatable bonds is 4. The summed E-state index contributed by atoms with van der Waals surface area (Å²) in [6, 6.07) is 8.61. The van der Waals surface area contributed by atoms with E-state index in [0.717, 1.165) is 46.8 Å². The van der Waals surface area contributed by atoms with E-state index < -0.39 is 0 Å². The van der Waals surface area contributed by atoms with Crippen molar-refractivity contribution in [3.05, 3.63) is 35.4 Å². The van der Waals surface area contributed by atoms with Gasteiger partial charge in [0.2, 0.25) is 0 Å². The topological polar surface area (TPSA) is 66.2 Å². The summed E-state index contributed by atoms with van der Waals surface area (Å²) in [7, 11) is 6.67. The van der Waals surface area contributed by atoms with Gasteiger partial charge in [-0.15, -0.1) is 0 Å². The second kappa shape index (κ2) is 7.22. The molecular weight excluding hydrogens is 380 g/mol. The molecular formula is C24H28N2O4. The van der Waals surface area contributed by atoms with Crippen molar-refractivity contribution in [1.82, 2.24) is 4.90 Å². The fourth-order valence-corrected chi connectivity index (χ4v) is 5.39. The highest BCUT2D eigenvalue weighted by Gasteiger charge is 2.38. The van der Waals surface area contributed by atoms with Crippen LogP contribution >= 0.6 is 0 Å². The Morgan fingerprint density at radius 2 is 1.27 bits per heavy atom. The highest BCUT2D eigenvalue weighted by molar-refractivity contribution is 6.13. The molecule has 0 amide bonds. The number of nitrogens with zero attached hydrogens (tertiary/aromatic N) is 1. The molecule has 0 radical (unpaired) electrons. The van der Waals surface area contributed by atoms with Gasteiger partial charge in [0, 0.05) is 18.6 Å². The number of hydrogen-bond acceptors (Lipinski definition) is 6. The Hall–Kier alpha value is -2.70. The van der Waals surface area contributed by atoms with Gasteiger partial charge in [0.25, 0.3) is 0 Å². The van der Waals surface area contributed by atoms with E-state index in [0.29, 0.717) is 23.3 Å². The first-order valence-corrected chi connectivity index (χ1v) is 10.4. The van der Waals surface area contributed by atoms with E-state index in [-0.39, 0.29) is 6.04 Å². The first kappa shape index (κ1) is 19.3. The zero-order valence-corrected chi connectivity index (χ0v) is 18.0. The molecule has 0 bridgehead atoms. The van der Waals surface area contributed by atoms with Crippen LogP contribution in [-0.4, -0.2) is 45.9 Å². The highest BCUT2D eigenvalue weighted by Crippen LogP contribution is 2.48. The first-order chi connectivity index (χ1) is 14.6. The quantitative estimate of drug-likeness (QED) is 0.658. The molecule has 1 fully saturated rings. The molecule has 30 heavy (non-hydrogen) atoms. The molecule has 0 spiro atoms. The van der Waals surface area contributed by atoms with Gasteiger partial charge in [0.1, 0.15) is 0 Å². The molecule has 2 aliphatic heterocycles. The average Bonchev–Trinajstić information content (AvgIpc) is 3.26. The van der Waals surface area contributed by atoms with E-state index in [9.17, 15) is 0 Å². The van der Waals surface area contributed by atoms with E-state index >= 15 is 0 Å². The Morgan fingerprint density at radius 1 is 0.767 bits per heavy atom. The molecule has 3 aromatic rings. The largest absolute Gasteiger partial charge is 0.493 e. The fourth-order valence-electron chi connectivity index (χ4n) is 5.39. The molecule has 3 aromatic carbocycles. The predicted molar refractivity (Wildman–Crippen MR) is 118 cm³/mol. The van der Waals surface area contributed by atoms with Crippen LogP contribution in [0, 0.1) is 0 Å². The van der Waals surface area contributed by atoms with Crippen LogP contribution in [0.3, 0.4) is 0 Å². The maximum absolute atomic E-state index is 6.91. The summed E-state index contributed by atoms with van der Waals surface area (Å²) in [6.07, 6.45) is 2.33. The standard InChI is InChI=1S/C24H28N2O4/c1-27-19-8-13-14-9-20(28-2)22(30-4)11-16(14)23-17(15(13)10-21(19)29-3)12-26-7-5-6-18(26)24(23)25/h8-11,18,24H,5-7,12,25H2,1-4H3/t18-,24+/m1/s1. The summed E-state index contributed by atoms with van der Waals surface area (Å²) >= 11 is 0. The molecule has 1 saturated heterocycles. The lowest BCUT2D eigenvalue weighted by molar-refractivity contribution is 0.200. The lowest BCUT2D eigenvalue weighted by Crippen LogP contribution is -2.42. The van der Waals surface area contributed by atoms with Crippen LogP contribution in [0.5, 0.6) is 23.0 Å². The maximum Gasteiger partial charge on any atom is 0.161 e. The number of ether oxygens (including phenoxy) is 4. The molecule has 0 unspecified atom stereocenters. The molecule has 0 saturated carbocycles. The zero-order chi connectivity index (χ0) is 21.0. The van der Waals surface area contributed by atoms with Gasteiger partial charge in [-0.1, -0.05) is 0 Å². The Kier molecular flexibility index (Phi) is 4.64. The van der Waals surface area contributed by atoms with Crippen LogP contribution in [0.4, 0.5) is 0 Å². The summed E-state index contributed by atoms with van der Waals surface area (Å²) in [4.78, 5) is 2.52. The lowest BCUT2D eigenvalue weighted by atomic mass is 9.82. The lowest BCUT2D eigenvalue weighted by Gasteiger charge is -2.38. The Bertz CT molecular complexity index is 1140. The Labute approximate surface area is 176 Å². The molecule has 2 N–H and O–H groups in total. The minimum Gasteiger partial charge on any atom is -0.493 e. The summed E-state index contributed by atoms with van der Waals surface area (Å²) in [5.74, 6) is 2.85. The number of nitrogens with two attached hydrogens (primary N) is 1. The molecule has 158 valence electrons. The van der Waals surface area contributed by atoms with Crippen LogP contribution in [0.2, 0.25) is 0 Å². The summed E-state index contributed by atoms with van der Waals surface area (Å²) in [6.45, 7) is 1.99. The fraction of sp³-hybridized carbons (Fsp3) is 0.417. The van der Waals surface area contributed by atoms with E-state index in [4.69, 9.17) is 24.7 Å². The number of methoxy groups -OCH3 is 4. The third kappa shape index (κ3) is 2.63. The number of hydrogen-bond donors (Lipinski definition) is 1. The first-order valence-electron chi connectivity index (χ1n) is 10.4. The van der Waals surface area contributed by atoms with Gasteiger partial charge in [-0.3, -0.25) is 4.90 Å². The van der Waals surface area contributed by atoms with Gasteiger partial charge >= 0.3 is 0 Å². The minimum atomic E-state index is -0.0469. The second-order valence-electron chi connectivity index (χ2n) is 8.10. The molecule has 0 aliphatic carbocycles. The van der Waals surface area contributed by atoms with E-state index in [2.05, 4.69) is 29.2 Å². The highest BCUT2D eigenvalue weighted by atomic mass is 16.5. The van der Waals surface area contributed by atoms with Crippen LogP contribution in [0.25, 0.3) is 21.5 Å². The molecule has 2 heterocycles. The van der Waals surface area contributed by atoms with Crippen molar-refractivity contribution >= 4 is 21.5 Å². The minimum absolute atomic E-state index is 0.0469. The van der Waals surface area contributed by atoms with Crippen molar-refractivity contribution in [1.29, 1.82) is 0 Å². The van der Waals surface area contributed by atoms with Gasteiger partial charge in [0.05, 0.1) is 28.4 Å². The summed E-state index contributed by atoms with van der Waals surface area (Å²) in [5.41, 5.74) is 9.40. The predicted octanol–water partition coefficient (Wildman–Crippen LogP) is 4.01.